The molecular formula is C14H8FNO2. The lowest BCUT2D eigenvalue weighted by atomic mass is 10.0. The summed E-state index contributed by atoms with van der Waals surface area (Å²) in [6, 6.07) is 10.3. The zero-order valence-corrected chi connectivity index (χ0v) is 9.26. The maximum absolute atomic E-state index is 13.1. The number of nitro benzene ring substituents is 1. The summed E-state index contributed by atoms with van der Waals surface area (Å²) in [5, 5.41) is 10.7. The second-order valence-electron chi connectivity index (χ2n) is 3.64. The smallest absolute Gasteiger partial charge is 0.258 e. The van der Waals surface area contributed by atoms with E-state index in [0.717, 1.165) is 0 Å². The Morgan fingerprint density at radius 1 is 1.17 bits per heavy atom. The number of halogens is 1. The Bertz CT molecular complexity index is 659. The van der Waals surface area contributed by atoms with E-state index in [9.17, 15) is 14.5 Å². The maximum Gasteiger partial charge on any atom is 0.284 e. The molecule has 0 bridgehead atoms. The van der Waals surface area contributed by atoms with Crippen molar-refractivity contribution < 1.29 is 9.31 Å². The Kier molecular flexibility index (Phi) is 3.07. The molecule has 2 rings (SSSR count). The van der Waals surface area contributed by atoms with Crippen LogP contribution in [0.15, 0.2) is 42.5 Å². The molecule has 0 saturated carbocycles. The number of benzene rings is 2. The summed E-state index contributed by atoms with van der Waals surface area (Å²) in [6.45, 7) is 0. The number of terminal acetylenes is 1. The minimum Gasteiger partial charge on any atom is -0.258 e. The van der Waals surface area contributed by atoms with E-state index < -0.39 is 4.92 Å². The van der Waals surface area contributed by atoms with Crippen molar-refractivity contribution in [2.24, 2.45) is 0 Å². The maximum atomic E-state index is 13.1. The van der Waals surface area contributed by atoms with Gasteiger partial charge in [0.15, 0.2) is 0 Å². The van der Waals surface area contributed by atoms with E-state index in [2.05, 4.69) is 5.92 Å². The number of hydrogen-bond acceptors (Lipinski definition) is 2. The summed E-state index contributed by atoms with van der Waals surface area (Å²) in [5.74, 6) is 1.90. The van der Waals surface area contributed by atoms with Gasteiger partial charge < -0.3 is 0 Å². The van der Waals surface area contributed by atoms with Crippen LogP contribution in [-0.4, -0.2) is 4.92 Å². The van der Waals surface area contributed by atoms with Crippen LogP contribution in [-0.2, 0) is 0 Å². The van der Waals surface area contributed by atoms with Crippen molar-refractivity contribution in [1.82, 2.24) is 0 Å². The second-order valence-corrected chi connectivity index (χ2v) is 3.64. The molecule has 3 nitrogen and oxygen atoms in total. The Morgan fingerprint density at radius 3 is 2.50 bits per heavy atom. The molecule has 0 aliphatic rings. The van der Waals surface area contributed by atoms with Crippen molar-refractivity contribution in [3.05, 3.63) is 64.0 Å². The van der Waals surface area contributed by atoms with E-state index in [1.165, 1.54) is 24.3 Å². The highest BCUT2D eigenvalue weighted by Gasteiger charge is 2.12. The van der Waals surface area contributed by atoms with Crippen molar-refractivity contribution in [2.75, 3.05) is 0 Å². The van der Waals surface area contributed by atoms with Crippen LogP contribution in [0, 0.1) is 28.3 Å². The van der Waals surface area contributed by atoms with Gasteiger partial charge in [0.2, 0.25) is 0 Å². The van der Waals surface area contributed by atoms with Crippen LogP contribution in [0.5, 0.6) is 0 Å². The van der Waals surface area contributed by atoms with Crippen molar-refractivity contribution in [3.8, 4) is 23.5 Å². The van der Waals surface area contributed by atoms with Crippen molar-refractivity contribution in [2.45, 2.75) is 0 Å². The number of hydrogen-bond donors (Lipinski definition) is 0. The van der Waals surface area contributed by atoms with E-state index in [-0.39, 0.29) is 17.1 Å². The summed E-state index contributed by atoms with van der Waals surface area (Å²) in [5.41, 5.74) is 1.33. The van der Waals surface area contributed by atoms with Gasteiger partial charge in [0.25, 0.3) is 5.69 Å². The minimum atomic E-state index is -0.537. The van der Waals surface area contributed by atoms with Gasteiger partial charge in [0.1, 0.15) is 11.4 Å². The lowest BCUT2D eigenvalue weighted by Gasteiger charge is -2.03. The van der Waals surface area contributed by atoms with Crippen LogP contribution in [0.2, 0.25) is 0 Å². The first-order chi connectivity index (χ1) is 8.61. The fourth-order valence-electron chi connectivity index (χ4n) is 1.66. The van der Waals surface area contributed by atoms with Gasteiger partial charge in [-0.3, -0.25) is 10.1 Å². The summed E-state index contributed by atoms with van der Waals surface area (Å²) in [6.07, 6.45) is 5.24. The van der Waals surface area contributed by atoms with Gasteiger partial charge in [-0.15, -0.1) is 6.42 Å². The third-order valence-electron chi connectivity index (χ3n) is 2.51. The first kappa shape index (κ1) is 11.8. The predicted molar refractivity (Wildman–Crippen MR) is 66.4 cm³/mol. The number of nitrogens with zero attached hydrogens (tertiary/aromatic N) is 1. The quantitative estimate of drug-likeness (QED) is 0.459. The summed E-state index contributed by atoms with van der Waals surface area (Å²) >= 11 is 0. The molecule has 0 atom stereocenters. The highest BCUT2D eigenvalue weighted by molar-refractivity contribution is 5.68. The standard InChI is InChI=1S/C14H8FNO2/c1-2-10-8-12(6-7-14(10)16(17)18)11-4-3-5-13(15)9-11/h1,3-9H. The molecule has 2 aromatic rings. The summed E-state index contributed by atoms with van der Waals surface area (Å²) in [4.78, 5) is 10.2. The topological polar surface area (TPSA) is 43.1 Å². The van der Waals surface area contributed by atoms with E-state index >= 15 is 0 Å². The van der Waals surface area contributed by atoms with Crippen LogP contribution >= 0.6 is 0 Å². The molecular weight excluding hydrogens is 233 g/mol. The van der Waals surface area contributed by atoms with Crippen LogP contribution in [0.1, 0.15) is 5.56 Å². The van der Waals surface area contributed by atoms with Gasteiger partial charge in [-0.2, -0.15) is 0 Å². The third kappa shape index (κ3) is 2.20. The number of rotatable bonds is 2. The molecule has 0 aromatic heterocycles. The monoisotopic (exact) mass is 241 g/mol. The highest BCUT2D eigenvalue weighted by atomic mass is 19.1. The van der Waals surface area contributed by atoms with Gasteiger partial charge in [-0.05, 0) is 35.4 Å². The van der Waals surface area contributed by atoms with Crippen LogP contribution < -0.4 is 0 Å². The lowest BCUT2D eigenvalue weighted by Crippen LogP contribution is -1.92. The second kappa shape index (κ2) is 4.68. The molecule has 0 radical (unpaired) electrons. The zero-order valence-electron chi connectivity index (χ0n) is 9.26. The van der Waals surface area contributed by atoms with Gasteiger partial charge >= 0.3 is 0 Å². The average molecular weight is 241 g/mol. The Hall–Kier alpha value is -2.67. The fraction of sp³-hybridized carbons (Fsp3) is 0. The van der Waals surface area contributed by atoms with Gasteiger partial charge in [-0.25, -0.2) is 4.39 Å². The molecule has 4 heteroatoms. The van der Waals surface area contributed by atoms with E-state index in [1.807, 2.05) is 0 Å². The molecule has 0 aliphatic heterocycles. The number of nitro groups is 1. The Morgan fingerprint density at radius 2 is 1.89 bits per heavy atom. The molecule has 18 heavy (non-hydrogen) atoms. The van der Waals surface area contributed by atoms with Crippen LogP contribution in [0.4, 0.5) is 10.1 Å². The normalized spacial score (nSPS) is 9.78. The first-order valence-electron chi connectivity index (χ1n) is 5.13. The lowest BCUT2D eigenvalue weighted by molar-refractivity contribution is -0.385. The average Bonchev–Trinajstić information content (AvgIpc) is 2.37. The predicted octanol–water partition coefficient (Wildman–Crippen LogP) is 3.38. The summed E-state index contributed by atoms with van der Waals surface area (Å²) < 4.78 is 13.1. The minimum absolute atomic E-state index is 0.127. The SMILES string of the molecule is C#Cc1cc(-c2cccc(F)c2)ccc1[N+](=O)[O-]. The Labute approximate surface area is 103 Å². The molecule has 0 aliphatic carbocycles. The zero-order chi connectivity index (χ0) is 13.1. The van der Waals surface area contributed by atoms with E-state index in [0.29, 0.717) is 11.1 Å². The molecule has 0 amide bonds. The van der Waals surface area contributed by atoms with Crippen molar-refractivity contribution in [1.29, 1.82) is 0 Å². The van der Waals surface area contributed by atoms with Gasteiger partial charge in [0, 0.05) is 6.07 Å². The van der Waals surface area contributed by atoms with E-state index in [1.54, 1.807) is 18.2 Å². The van der Waals surface area contributed by atoms with Crippen molar-refractivity contribution >= 4 is 5.69 Å². The molecule has 0 saturated heterocycles. The highest BCUT2D eigenvalue weighted by Crippen LogP contribution is 2.26. The molecule has 0 spiro atoms. The third-order valence-corrected chi connectivity index (χ3v) is 2.51. The molecule has 2 aromatic carbocycles. The molecule has 0 heterocycles. The first-order valence-corrected chi connectivity index (χ1v) is 5.13. The molecule has 0 N–H and O–H groups in total. The van der Waals surface area contributed by atoms with Crippen LogP contribution in [0.25, 0.3) is 11.1 Å². The molecule has 0 fully saturated rings. The van der Waals surface area contributed by atoms with Gasteiger partial charge in [-0.1, -0.05) is 18.1 Å². The molecule has 0 unspecified atom stereocenters. The largest absolute Gasteiger partial charge is 0.284 e. The van der Waals surface area contributed by atoms with Crippen LogP contribution in [0.3, 0.4) is 0 Å². The fourth-order valence-corrected chi connectivity index (χ4v) is 1.66. The Balaban J connectivity index is 2.55. The molecule has 88 valence electrons. The van der Waals surface area contributed by atoms with Crippen molar-refractivity contribution in [3.63, 3.8) is 0 Å². The van der Waals surface area contributed by atoms with Gasteiger partial charge in [0.05, 0.1) is 4.92 Å². The summed E-state index contributed by atoms with van der Waals surface area (Å²) in [7, 11) is 0. The van der Waals surface area contributed by atoms with E-state index in [4.69, 9.17) is 6.42 Å².